The third-order valence-corrected chi connectivity index (χ3v) is 4.07. The Labute approximate surface area is 127 Å². The second-order valence-corrected chi connectivity index (χ2v) is 5.83. The Morgan fingerprint density at radius 3 is 2.60 bits per heavy atom. The number of benzene rings is 1. The Bertz CT molecular complexity index is 433. The van der Waals surface area contributed by atoms with Crippen molar-refractivity contribution in [2.24, 2.45) is 5.92 Å². The first kappa shape index (κ1) is 15.1. The molecule has 2 rings (SSSR count). The lowest BCUT2D eigenvalue weighted by Gasteiger charge is -2.30. The molecule has 4 heteroatoms. The van der Waals surface area contributed by atoms with Gasteiger partial charge in [-0.3, -0.25) is 0 Å². The van der Waals surface area contributed by atoms with Crippen molar-refractivity contribution in [1.82, 2.24) is 5.32 Å². The molecule has 3 nitrogen and oxygen atoms in total. The van der Waals surface area contributed by atoms with Crippen LogP contribution >= 0.6 is 12.2 Å². The number of anilines is 1. The molecule has 0 saturated heterocycles. The smallest absolute Gasteiger partial charge is 0.171 e. The van der Waals surface area contributed by atoms with E-state index in [0.717, 1.165) is 11.4 Å². The fraction of sp³-hybridized carbons (Fsp3) is 0.562. The number of ether oxygens (including phenoxy) is 1. The quantitative estimate of drug-likeness (QED) is 0.823. The standard InChI is InChI=1S/C16H24N2OS/c1-3-19-14-10-8-13(9-11-14)17-16(20)18-15-7-5-4-6-12(15)2/h8-12,15H,3-7H2,1-2H3,(H2,17,18,20). The zero-order chi connectivity index (χ0) is 14.4. The van der Waals surface area contributed by atoms with E-state index in [9.17, 15) is 0 Å². The van der Waals surface area contributed by atoms with Gasteiger partial charge in [-0.2, -0.15) is 0 Å². The maximum Gasteiger partial charge on any atom is 0.171 e. The van der Waals surface area contributed by atoms with Gasteiger partial charge in [-0.15, -0.1) is 0 Å². The SMILES string of the molecule is CCOc1ccc(NC(=S)NC2CCCCC2C)cc1. The largest absolute Gasteiger partial charge is 0.494 e. The fourth-order valence-electron chi connectivity index (χ4n) is 2.67. The molecular weight excluding hydrogens is 268 g/mol. The van der Waals surface area contributed by atoms with Crippen LogP contribution in [0.25, 0.3) is 0 Å². The van der Waals surface area contributed by atoms with Gasteiger partial charge >= 0.3 is 0 Å². The lowest BCUT2D eigenvalue weighted by Crippen LogP contribution is -2.43. The first-order chi connectivity index (χ1) is 9.69. The van der Waals surface area contributed by atoms with Crippen molar-refractivity contribution in [3.05, 3.63) is 24.3 Å². The van der Waals surface area contributed by atoms with E-state index in [2.05, 4.69) is 17.6 Å². The summed E-state index contributed by atoms with van der Waals surface area (Å²) in [5.41, 5.74) is 0.995. The fourth-order valence-corrected chi connectivity index (χ4v) is 2.94. The predicted molar refractivity (Wildman–Crippen MR) is 88.4 cm³/mol. The van der Waals surface area contributed by atoms with Gasteiger partial charge in [0.05, 0.1) is 6.61 Å². The molecule has 2 N–H and O–H groups in total. The van der Waals surface area contributed by atoms with E-state index in [0.29, 0.717) is 23.7 Å². The number of rotatable bonds is 4. The molecule has 0 spiro atoms. The van der Waals surface area contributed by atoms with Crippen LogP contribution in [0.3, 0.4) is 0 Å². The van der Waals surface area contributed by atoms with Crippen molar-refractivity contribution in [2.75, 3.05) is 11.9 Å². The van der Waals surface area contributed by atoms with Crippen LogP contribution in [0.2, 0.25) is 0 Å². The van der Waals surface area contributed by atoms with Crippen LogP contribution in [0.15, 0.2) is 24.3 Å². The minimum atomic E-state index is 0.506. The Balaban J connectivity index is 1.84. The molecule has 0 aromatic heterocycles. The summed E-state index contributed by atoms with van der Waals surface area (Å²) in [6.07, 6.45) is 5.15. The minimum Gasteiger partial charge on any atom is -0.494 e. The Kier molecular flexibility index (Phi) is 5.65. The number of hydrogen-bond donors (Lipinski definition) is 2. The minimum absolute atomic E-state index is 0.506. The molecule has 2 atom stereocenters. The molecule has 110 valence electrons. The average Bonchev–Trinajstić information content (AvgIpc) is 2.44. The molecule has 20 heavy (non-hydrogen) atoms. The predicted octanol–water partition coefficient (Wildman–Crippen LogP) is 3.95. The summed E-state index contributed by atoms with van der Waals surface area (Å²) in [7, 11) is 0. The molecule has 0 heterocycles. The Morgan fingerprint density at radius 1 is 1.25 bits per heavy atom. The van der Waals surface area contributed by atoms with Gasteiger partial charge in [0.1, 0.15) is 5.75 Å². The summed E-state index contributed by atoms with van der Waals surface area (Å²) in [6.45, 7) is 4.97. The van der Waals surface area contributed by atoms with Crippen LogP contribution in [-0.4, -0.2) is 17.8 Å². The van der Waals surface area contributed by atoms with Crippen molar-refractivity contribution in [1.29, 1.82) is 0 Å². The Hall–Kier alpha value is -1.29. The second kappa shape index (κ2) is 7.48. The van der Waals surface area contributed by atoms with Crippen LogP contribution in [0.1, 0.15) is 39.5 Å². The van der Waals surface area contributed by atoms with Crippen molar-refractivity contribution < 1.29 is 4.74 Å². The molecule has 1 aliphatic rings. The van der Waals surface area contributed by atoms with Crippen LogP contribution < -0.4 is 15.4 Å². The maximum absolute atomic E-state index is 5.43. The third-order valence-electron chi connectivity index (χ3n) is 3.85. The van der Waals surface area contributed by atoms with E-state index in [1.165, 1.54) is 25.7 Å². The highest BCUT2D eigenvalue weighted by Crippen LogP contribution is 2.24. The lowest BCUT2D eigenvalue weighted by atomic mass is 9.86. The molecule has 2 unspecified atom stereocenters. The van der Waals surface area contributed by atoms with Gasteiger partial charge < -0.3 is 15.4 Å². The van der Waals surface area contributed by atoms with Crippen molar-refractivity contribution >= 4 is 23.0 Å². The summed E-state index contributed by atoms with van der Waals surface area (Å²) in [5, 5.41) is 7.41. The molecule has 0 aliphatic heterocycles. The molecule has 1 aromatic rings. The van der Waals surface area contributed by atoms with Gasteiger partial charge in [0.25, 0.3) is 0 Å². The van der Waals surface area contributed by atoms with E-state index in [4.69, 9.17) is 17.0 Å². The summed E-state index contributed by atoms with van der Waals surface area (Å²) in [5.74, 6) is 1.58. The summed E-state index contributed by atoms with van der Waals surface area (Å²) in [4.78, 5) is 0. The van der Waals surface area contributed by atoms with Crippen molar-refractivity contribution in [3.63, 3.8) is 0 Å². The van der Waals surface area contributed by atoms with Gasteiger partial charge in [0, 0.05) is 11.7 Å². The number of nitrogens with one attached hydrogen (secondary N) is 2. The van der Waals surface area contributed by atoms with Crippen LogP contribution in [-0.2, 0) is 0 Å². The van der Waals surface area contributed by atoms with Crippen molar-refractivity contribution in [2.45, 2.75) is 45.6 Å². The maximum atomic E-state index is 5.43. The monoisotopic (exact) mass is 292 g/mol. The normalized spacial score (nSPS) is 22.1. The van der Waals surface area contributed by atoms with Crippen LogP contribution in [0, 0.1) is 5.92 Å². The first-order valence-corrected chi connectivity index (χ1v) is 7.90. The molecule has 1 aromatic carbocycles. The molecule has 1 saturated carbocycles. The zero-order valence-corrected chi connectivity index (χ0v) is 13.1. The zero-order valence-electron chi connectivity index (χ0n) is 12.3. The summed E-state index contributed by atoms with van der Waals surface area (Å²) in [6, 6.07) is 8.40. The lowest BCUT2D eigenvalue weighted by molar-refractivity contribution is 0.309. The van der Waals surface area contributed by atoms with E-state index in [1.807, 2.05) is 31.2 Å². The highest BCUT2D eigenvalue weighted by atomic mass is 32.1. The molecular formula is C16H24N2OS. The average molecular weight is 292 g/mol. The highest BCUT2D eigenvalue weighted by molar-refractivity contribution is 7.80. The highest BCUT2D eigenvalue weighted by Gasteiger charge is 2.21. The topological polar surface area (TPSA) is 33.3 Å². The molecule has 0 radical (unpaired) electrons. The molecule has 0 amide bonds. The first-order valence-electron chi connectivity index (χ1n) is 7.49. The molecule has 1 fully saturated rings. The van der Waals surface area contributed by atoms with E-state index in [1.54, 1.807) is 0 Å². The van der Waals surface area contributed by atoms with Gasteiger partial charge in [0.2, 0.25) is 0 Å². The van der Waals surface area contributed by atoms with Gasteiger partial charge in [-0.25, -0.2) is 0 Å². The van der Waals surface area contributed by atoms with E-state index < -0.39 is 0 Å². The van der Waals surface area contributed by atoms with Crippen molar-refractivity contribution in [3.8, 4) is 5.75 Å². The summed E-state index contributed by atoms with van der Waals surface area (Å²) < 4.78 is 5.43. The number of thiocarbonyl (C=S) groups is 1. The van der Waals surface area contributed by atoms with Crippen LogP contribution in [0.4, 0.5) is 5.69 Å². The third kappa shape index (κ3) is 4.37. The van der Waals surface area contributed by atoms with Crippen LogP contribution in [0.5, 0.6) is 5.75 Å². The van der Waals surface area contributed by atoms with E-state index >= 15 is 0 Å². The Morgan fingerprint density at radius 2 is 1.95 bits per heavy atom. The molecule has 1 aliphatic carbocycles. The molecule has 0 bridgehead atoms. The van der Waals surface area contributed by atoms with E-state index in [-0.39, 0.29) is 0 Å². The summed E-state index contributed by atoms with van der Waals surface area (Å²) >= 11 is 5.40. The second-order valence-electron chi connectivity index (χ2n) is 5.42. The van der Waals surface area contributed by atoms with Gasteiger partial charge in [-0.1, -0.05) is 19.8 Å². The number of hydrogen-bond acceptors (Lipinski definition) is 2. The van der Waals surface area contributed by atoms with Gasteiger partial charge in [-0.05, 0) is 62.2 Å². The van der Waals surface area contributed by atoms with Gasteiger partial charge in [0.15, 0.2) is 5.11 Å².